The smallest absolute Gasteiger partial charge is 0.246 e. The summed E-state index contributed by atoms with van der Waals surface area (Å²) in [5.74, 6) is -0.601. The summed E-state index contributed by atoms with van der Waals surface area (Å²) in [5.41, 5.74) is 1.55. The van der Waals surface area contributed by atoms with E-state index in [1.165, 1.54) is 11.1 Å². The number of aryl methyl sites for hydroxylation is 1. The van der Waals surface area contributed by atoms with Crippen LogP contribution in [0.3, 0.4) is 0 Å². The first-order valence-electron chi connectivity index (χ1n) is 11.9. The van der Waals surface area contributed by atoms with Gasteiger partial charge in [0.1, 0.15) is 11.6 Å². The lowest BCUT2D eigenvalue weighted by Gasteiger charge is -2.39. The highest BCUT2D eigenvalue weighted by molar-refractivity contribution is 5.95. The molecule has 3 N–H and O–H groups in total. The zero-order valence-electron chi connectivity index (χ0n) is 20.0. The van der Waals surface area contributed by atoms with Crippen molar-refractivity contribution in [2.75, 3.05) is 13.6 Å². The molecule has 7 nitrogen and oxygen atoms in total. The maximum atomic E-state index is 13.6. The maximum Gasteiger partial charge on any atom is 0.246 e. The van der Waals surface area contributed by atoms with Crippen molar-refractivity contribution in [2.45, 2.75) is 83.5 Å². The van der Waals surface area contributed by atoms with Gasteiger partial charge >= 0.3 is 0 Å². The second-order valence-electron chi connectivity index (χ2n) is 9.73. The molecule has 1 fully saturated rings. The topological polar surface area (TPSA) is 90.5 Å². The highest BCUT2D eigenvalue weighted by Gasteiger charge is 2.48. The normalized spacial score (nSPS) is 24.6. The van der Waals surface area contributed by atoms with Gasteiger partial charge in [-0.15, -0.1) is 0 Å². The van der Waals surface area contributed by atoms with E-state index in [9.17, 15) is 14.4 Å². The molecule has 1 aliphatic heterocycles. The van der Waals surface area contributed by atoms with Crippen LogP contribution < -0.4 is 16.0 Å². The average Bonchev–Trinajstić information content (AvgIpc) is 3.19. The molecule has 2 aliphatic rings. The molecule has 1 heterocycles. The zero-order chi connectivity index (χ0) is 23.5. The molecule has 3 amide bonds. The van der Waals surface area contributed by atoms with Crippen molar-refractivity contribution in [3.63, 3.8) is 0 Å². The Hall–Kier alpha value is -2.41. The summed E-state index contributed by atoms with van der Waals surface area (Å²) in [6, 6.07) is 7.17. The molecule has 0 radical (unpaired) electrons. The SMILES string of the molecule is CNC(C)C(=O)NC(C(=O)N1CCCC1(C)C(=O)NC1CCCc2ccccc21)C(C)C. The minimum absolute atomic E-state index is 0.0288. The minimum atomic E-state index is -0.921. The molecule has 1 aromatic rings. The number of amides is 3. The number of hydrogen-bond donors (Lipinski definition) is 3. The highest BCUT2D eigenvalue weighted by atomic mass is 16.2. The molecule has 0 aromatic heterocycles. The van der Waals surface area contributed by atoms with Gasteiger partial charge in [0.25, 0.3) is 0 Å². The average molecular weight is 443 g/mol. The van der Waals surface area contributed by atoms with E-state index in [4.69, 9.17) is 0 Å². The van der Waals surface area contributed by atoms with E-state index in [0.29, 0.717) is 13.0 Å². The van der Waals surface area contributed by atoms with Crippen LogP contribution in [0.4, 0.5) is 0 Å². The third-order valence-electron chi connectivity index (χ3n) is 7.13. The van der Waals surface area contributed by atoms with Gasteiger partial charge in [-0.3, -0.25) is 14.4 Å². The number of likely N-dealkylation sites (N-methyl/N-ethyl adjacent to an activating group) is 1. The molecule has 1 aromatic carbocycles. The molecular weight excluding hydrogens is 404 g/mol. The van der Waals surface area contributed by atoms with Crippen molar-refractivity contribution in [3.8, 4) is 0 Å². The number of rotatable bonds is 7. The fourth-order valence-electron chi connectivity index (χ4n) is 4.86. The van der Waals surface area contributed by atoms with Crippen molar-refractivity contribution in [3.05, 3.63) is 35.4 Å². The Bertz CT molecular complexity index is 855. The second-order valence-corrected chi connectivity index (χ2v) is 9.73. The lowest BCUT2D eigenvalue weighted by molar-refractivity contribution is -0.147. The number of nitrogens with one attached hydrogen (secondary N) is 3. The van der Waals surface area contributed by atoms with Crippen LogP contribution in [-0.2, 0) is 20.8 Å². The molecule has 4 atom stereocenters. The summed E-state index contributed by atoms with van der Waals surface area (Å²) < 4.78 is 0. The molecule has 1 aliphatic carbocycles. The van der Waals surface area contributed by atoms with E-state index in [0.717, 1.165) is 25.7 Å². The van der Waals surface area contributed by atoms with Gasteiger partial charge in [-0.25, -0.2) is 0 Å². The number of benzene rings is 1. The monoisotopic (exact) mass is 442 g/mol. The lowest BCUT2D eigenvalue weighted by Crippen LogP contribution is -2.61. The quantitative estimate of drug-likeness (QED) is 0.604. The first-order valence-corrected chi connectivity index (χ1v) is 11.9. The number of likely N-dealkylation sites (tertiary alicyclic amines) is 1. The van der Waals surface area contributed by atoms with Gasteiger partial charge < -0.3 is 20.9 Å². The Labute approximate surface area is 191 Å². The van der Waals surface area contributed by atoms with Crippen molar-refractivity contribution in [1.29, 1.82) is 0 Å². The Kier molecular flexibility index (Phi) is 7.59. The van der Waals surface area contributed by atoms with Crippen LogP contribution in [0.2, 0.25) is 0 Å². The Balaban J connectivity index is 1.77. The summed E-state index contributed by atoms with van der Waals surface area (Å²) in [7, 11) is 1.71. The van der Waals surface area contributed by atoms with E-state index >= 15 is 0 Å². The third kappa shape index (κ3) is 4.82. The largest absolute Gasteiger partial charge is 0.347 e. The highest BCUT2D eigenvalue weighted by Crippen LogP contribution is 2.34. The van der Waals surface area contributed by atoms with Crippen LogP contribution in [0.25, 0.3) is 0 Å². The predicted molar refractivity (Wildman–Crippen MR) is 125 cm³/mol. The summed E-state index contributed by atoms with van der Waals surface area (Å²) in [6.07, 6.45) is 4.35. The summed E-state index contributed by atoms with van der Waals surface area (Å²) in [5, 5.41) is 9.04. The van der Waals surface area contributed by atoms with Crippen LogP contribution in [-0.4, -0.2) is 53.8 Å². The maximum absolute atomic E-state index is 13.6. The predicted octanol–water partition coefficient (Wildman–Crippen LogP) is 2.31. The molecule has 32 heavy (non-hydrogen) atoms. The second kappa shape index (κ2) is 10.0. The fourth-order valence-corrected chi connectivity index (χ4v) is 4.86. The van der Waals surface area contributed by atoms with Crippen molar-refractivity contribution in [1.82, 2.24) is 20.9 Å². The van der Waals surface area contributed by atoms with Gasteiger partial charge in [-0.1, -0.05) is 38.1 Å². The summed E-state index contributed by atoms with van der Waals surface area (Å²) in [4.78, 5) is 41.2. The first kappa shape index (κ1) is 24.2. The number of carbonyl (C=O) groups excluding carboxylic acids is 3. The van der Waals surface area contributed by atoms with Gasteiger partial charge in [0.2, 0.25) is 17.7 Å². The van der Waals surface area contributed by atoms with Crippen LogP contribution >= 0.6 is 0 Å². The molecule has 0 bridgehead atoms. The molecule has 3 rings (SSSR count). The van der Waals surface area contributed by atoms with Crippen LogP contribution in [0.5, 0.6) is 0 Å². The van der Waals surface area contributed by atoms with E-state index in [2.05, 4.69) is 28.1 Å². The van der Waals surface area contributed by atoms with Gasteiger partial charge in [0.15, 0.2) is 0 Å². The van der Waals surface area contributed by atoms with Crippen molar-refractivity contribution < 1.29 is 14.4 Å². The van der Waals surface area contributed by atoms with Gasteiger partial charge in [-0.2, -0.15) is 0 Å². The summed E-state index contributed by atoms with van der Waals surface area (Å²) in [6.45, 7) is 7.97. The number of hydrogen-bond acceptors (Lipinski definition) is 4. The molecule has 176 valence electrons. The van der Waals surface area contributed by atoms with Crippen LogP contribution in [0, 0.1) is 5.92 Å². The molecule has 4 unspecified atom stereocenters. The minimum Gasteiger partial charge on any atom is -0.347 e. The van der Waals surface area contributed by atoms with Gasteiger partial charge in [0, 0.05) is 6.54 Å². The Morgan fingerprint density at radius 3 is 2.53 bits per heavy atom. The number of carbonyl (C=O) groups is 3. The van der Waals surface area contributed by atoms with Gasteiger partial charge in [-0.05, 0) is 70.0 Å². The Morgan fingerprint density at radius 2 is 1.84 bits per heavy atom. The molecular formula is C25H38N4O3. The third-order valence-corrected chi connectivity index (χ3v) is 7.13. The Morgan fingerprint density at radius 1 is 1.12 bits per heavy atom. The van der Waals surface area contributed by atoms with E-state index in [-0.39, 0.29) is 29.7 Å². The molecule has 7 heteroatoms. The lowest BCUT2D eigenvalue weighted by atomic mass is 9.86. The van der Waals surface area contributed by atoms with Crippen molar-refractivity contribution >= 4 is 17.7 Å². The molecule has 0 spiro atoms. The van der Waals surface area contributed by atoms with E-state index in [1.54, 1.807) is 18.9 Å². The zero-order valence-corrected chi connectivity index (χ0v) is 20.0. The van der Waals surface area contributed by atoms with Crippen molar-refractivity contribution in [2.24, 2.45) is 5.92 Å². The molecule has 0 saturated carbocycles. The number of fused-ring (bicyclic) bond motifs is 1. The standard InChI is InChI=1S/C25H38N4O3/c1-16(2)21(28-22(30)17(3)26-5)23(31)29-15-9-14-25(29,4)24(32)27-20-13-8-11-18-10-6-7-12-19(18)20/h6-7,10,12,16-17,20-21,26H,8-9,11,13-15H2,1-5H3,(H,27,32)(H,28,30). The summed E-state index contributed by atoms with van der Waals surface area (Å²) >= 11 is 0. The van der Waals surface area contributed by atoms with Crippen LogP contribution in [0.1, 0.15) is 70.5 Å². The fraction of sp³-hybridized carbons (Fsp3) is 0.640. The number of nitrogens with zero attached hydrogens (tertiary/aromatic N) is 1. The van der Waals surface area contributed by atoms with Crippen LogP contribution in [0.15, 0.2) is 24.3 Å². The van der Waals surface area contributed by atoms with E-state index < -0.39 is 17.6 Å². The first-order chi connectivity index (χ1) is 15.2. The molecule has 1 saturated heterocycles. The van der Waals surface area contributed by atoms with E-state index in [1.807, 2.05) is 32.9 Å². The van der Waals surface area contributed by atoms with Gasteiger partial charge in [0.05, 0.1) is 12.1 Å².